The zero-order valence-electron chi connectivity index (χ0n) is 29.7. The van der Waals surface area contributed by atoms with Gasteiger partial charge in [-0.1, -0.05) is 152 Å². The van der Waals surface area contributed by atoms with Crippen molar-refractivity contribution in [2.75, 3.05) is 4.90 Å². The summed E-state index contributed by atoms with van der Waals surface area (Å²) in [6, 6.07) is 28.4. The van der Waals surface area contributed by atoms with E-state index in [0.29, 0.717) is 23.7 Å². The Morgan fingerprint density at radius 2 is 1.33 bits per heavy atom. The second kappa shape index (κ2) is 13.3. The summed E-state index contributed by atoms with van der Waals surface area (Å²) < 4.78 is 0. The lowest BCUT2D eigenvalue weighted by Gasteiger charge is -2.28. The molecule has 0 bridgehead atoms. The molecular formula is C51H45N. The van der Waals surface area contributed by atoms with Crippen molar-refractivity contribution in [2.24, 2.45) is 17.8 Å². The topological polar surface area (TPSA) is 3.24 Å². The van der Waals surface area contributed by atoms with E-state index < -0.39 is 0 Å². The van der Waals surface area contributed by atoms with Gasteiger partial charge in [0.25, 0.3) is 0 Å². The summed E-state index contributed by atoms with van der Waals surface area (Å²) in [4.78, 5) is 2.56. The molecule has 0 N–H and O–H groups in total. The predicted octanol–water partition coefficient (Wildman–Crippen LogP) is 12.8. The minimum absolute atomic E-state index is 0.136. The normalized spacial score (nSPS) is 25.8. The third-order valence-corrected chi connectivity index (χ3v) is 12.3. The molecule has 10 rings (SSSR count). The Morgan fingerprint density at radius 3 is 2.15 bits per heavy atom. The lowest BCUT2D eigenvalue weighted by Crippen LogP contribution is -2.20. The van der Waals surface area contributed by atoms with E-state index in [0.717, 1.165) is 25.7 Å². The molecule has 0 saturated carbocycles. The number of rotatable bonds is 6. The van der Waals surface area contributed by atoms with E-state index in [9.17, 15) is 0 Å². The van der Waals surface area contributed by atoms with E-state index in [4.69, 9.17) is 0 Å². The standard InChI is InChI=1S/C51H45N/c1-3-11-42-33-44(27-21-35(42)9-1)37-17-23-39(24-18-37)51(40-25-19-38(20-26-40)45-28-22-36-10-2-4-12-43(36)34-45)41-29-31-46(32-30-41)52-49-15-7-5-13-47(49)48-14-6-8-16-50(48)52/h1,3-7,9,11-12,14-15,17-33,35,42,45,47,51H,2,8,10,13,16,34H2/t35?,42?,45?,47?,51-/m1/s1. The predicted molar refractivity (Wildman–Crippen MR) is 218 cm³/mol. The van der Waals surface area contributed by atoms with Gasteiger partial charge in [0.05, 0.1) is 0 Å². The molecule has 0 spiro atoms. The van der Waals surface area contributed by atoms with Crippen LogP contribution >= 0.6 is 0 Å². The molecule has 5 atom stereocenters. The molecule has 6 aliphatic carbocycles. The van der Waals surface area contributed by atoms with Gasteiger partial charge in [0.1, 0.15) is 0 Å². The molecule has 0 aromatic heterocycles. The monoisotopic (exact) mass is 671 g/mol. The molecule has 1 heteroatoms. The Kier molecular flexibility index (Phi) is 8.01. The molecular weight excluding hydrogens is 627 g/mol. The van der Waals surface area contributed by atoms with Crippen LogP contribution in [0.2, 0.25) is 0 Å². The lowest BCUT2D eigenvalue weighted by molar-refractivity contribution is 0.663. The van der Waals surface area contributed by atoms with Crippen molar-refractivity contribution in [1.82, 2.24) is 0 Å². The summed E-state index contributed by atoms with van der Waals surface area (Å²) in [5.41, 5.74) is 16.7. The van der Waals surface area contributed by atoms with E-state index in [1.807, 2.05) is 0 Å². The number of hydrogen-bond acceptors (Lipinski definition) is 1. The van der Waals surface area contributed by atoms with Crippen molar-refractivity contribution in [1.29, 1.82) is 0 Å². The Bertz CT molecular complexity index is 2230. The van der Waals surface area contributed by atoms with Crippen molar-refractivity contribution in [3.8, 4) is 0 Å². The highest BCUT2D eigenvalue weighted by atomic mass is 15.2. The number of hydrogen-bond donors (Lipinski definition) is 0. The molecule has 1 nitrogen and oxygen atoms in total. The average Bonchev–Trinajstić information content (AvgIpc) is 3.56. The molecule has 0 radical (unpaired) electrons. The fraction of sp³-hybridized carbons (Fsp3) is 0.216. The van der Waals surface area contributed by atoms with Crippen molar-refractivity contribution in [3.63, 3.8) is 0 Å². The van der Waals surface area contributed by atoms with Gasteiger partial charge in [0.15, 0.2) is 0 Å². The van der Waals surface area contributed by atoms with E-state index in [1.165, 1.54) is 80.0 Å². The first kappa shape index (κ1) is 31.3. The van der Waals surface area contributed by atoms with Gasteiger partial charge in [-0.25, -0.2) is 0 Å². The molecule has 1 aliphatic heterocycles. The summed E-state index contributed by atoms with van der Waals surface area (Å²) in [6.45, 7) is 0. The highest BCUT2D eigenvalue weighted by Crippen LogP contribution is 2.48. The first-order valence-corrected chi connectivity index (χ1v) is 19.5. The van der Waals surface area contributed by atoms with E-state index >= 15 is 0 Å². The summed E-state index contributed by atoms with van der Waals surface area (Å²) in [7, 11) is 0. The smallest absolute Gasteiger partial charge is 0.0455 e. The van der Waals surface area contributed by atoms with Crippen LogP contribution in [0.15, 0.2) is 198 Å². The summed E-state index contributed by atoms with van der Waals surface area (Å²) in [6.07, 6.45) is 44.0. The maximum absolute atomic E-state index is 2.56. The molecule has 3 aromatic carbocycles. The minimum atomic E-state index is 0.136. The Hall–Kier alpha value is -5.40. The van der Waals surface area contributed by atoms with Gasteiger partial charge in [0, 0.05) is 46.7 Å². The van der Waals surface area contributed by atoms with Crippen LogP contribution in [0.25, 0.3) is 5.57 Å². The van der Waals surface area contributed by atoms with Gasteiger partial charge in [-0.2, -0.15) is 0 Å². The Labute approximate surface area is 309 Å². The highest BCUT2D eigenvalue weighted by Gasteiger charge is 2.36. The fourth-order valence-corrected chi connectivity index (χ4v) is 9.58. The molecule has 0 amide bonds. The van der Waals surface area contributed by atoms with Crippen LogP contribution in [0.4, 0.5) is 5.69 Å². The van der Waals surface area contributed by atoms with Crippen LogP contribution in [-0.4, -0.2) is 0 Å². The van der Waals surface area contributed by atoms with Gasteiger partial charge in [-0.05, 0) is 107 Å². The summed E-state index contributed by atoms with van der Waals surface area (Å²) >= 11 is 0. The van der Waals surface area contributed by atoms with Crippen molar-refractivity contribution >= 4 is 11.3 Å². The molecule has 1 heterocycles. The van der Waals surface area contributed by atoms with Crippen molar-refractivity contribution < 1.29 is 0 Å². The number of fused-ring (bicyclic) bond motifs is 3. The van der Waals surface area contributed by atoms with Gasteiger partial charge in [0.2, 0.25) is 0 Å². The van der Waals surface area contributed by atoms with Crippen LogP contribution in [-0.2, 0) is 0 Å². The maximum atomic E-state index is 2.56. The number of allylic oxidation sites excluding steroid dienone is 21. The number of anilines is 1. The van der Waals surface area contributed by atoms with Crippen LogP contribution in [0.3, 0.4) is 0 Å². The third kappa shape index (κ3) is 5.64. The van der Waals surface area contributed by atoms with Crippen LogP contribution in [0.5, 0.6) is 0 Å². The first-order chi connectivity index (χ1) is 25.8. The zero-order valence-corrected chi connectivity index (χ0v) is 29.7. The van der Waals surface area contributed by atoms with Crippen molar-refractivity contribution in [2.45, 2.75) is 50.4 Å². The first-order valence-electron chi connectivity index (χ1n) is 19.5. The van der Waals surface area contributed by atoms with Crippen molar-refractivity contribution in [3.05, 3.63) is 226 Å². The highest BCUT2D eigenvalue weighted by molar-refractivity contribution is 5.76. The second-order valence-electron chi connectivity index (χ2n) is 15.4. The summed E-state index contributed by atoms with van der Waals surface area (Å²) in [5.74, 6) is 1.95. The third-order valence-electron chi connectivity index (χ3n) is 12.3. The SMILES string of the molecule is C1=CCC2C(=C1)N(c1ccc([C@H](c3ccc(C4=CC5C=CC=CC5C=C4)cc3)c3ccc(C4C=CC5=C(C=CCC5)C4)cc3)cc1)C1=C2C=CCC1. The second-order valence-corrected chi connectivity index (χ2v) is 15.4. The van der Waals surface area contributed by atoms with Crippen LogP contribution in [0, 0.1) is 17.8 Å². The average molecular weight is 672 g/mol. The largest absolute Gasteiger partial charge is 0.317 e. The lowest BCUT2D eigenvalue weighted by atomic mass is 9.80. The number of nitrogens with zero attached hydrogens (tertiary/aromatic N) is 1. The number of benzene rings is 3. The molecule has 4 unspecified atom stereocenters. The van der Waals surface area contributed by atoms with E-state index in [2.05, 4.69) is 175 Å². The Balaban J connectivity index is 0.983. The van der Waals surface area contributed by atoms with Crippen LogP contribution in [0.1, 0.15) is 78.2 Å². The molecule has 0 saturated heterocycles. The molecule has 52 heavy (non-hydrogen) atoms. The van der Waals surface area contributed by atoms with E-state index in [-0.39, 0.29) is 5.92 Å². The molecule has 254 valence electrons. The molecule has 7 aliphatic rings. The van der Waals surface area contributed by atoms with Gasteiger partial charge in [-0.3, -0.25) is 0 Å². The zero-order chi connectivity index (χ0) is 34.4. The van der Waals surface area contributed by atoms with Gasteiger partial charge < -0.3 is 4.90 Å². The minimum Gasteiger partial charge on any atom is -0.317 e. The molecule has 3 aromatic rings. The van der Waals surface area contributed by atoms with Crippen LogP contribution < -0.4 is 4.90 Å². The quantitative estimate of drug-likeness (QED) is 0.236. The Morgan fingerprint density at radius 1 is 0.596 bits per heavy atom. The maximum Gasteiger partial charge on any atom is 0.0455 e. The summed E-state index contributed by atoms with van der Waals surface area (Å²) in [5, 5.41) is 0. The van der Waals surface area contributed by atoms with E-state index in [1.54, 1.807) is 0 Å². The fourth-order valence-electron chi connectivity index (χ4n) is 9.58. The van der Waals surface area contributed by atoms with Gasteiger partial charge >= 0.3 is 0 Å². The molecule has 0 fully saturated rings. The van der Waals surface area contributed by atoms with Gasteiger partial charge in [-0.15, -0.1) is 0 Å².